The van der Waals surface area contributed by atoms with Crippen LogP contribution in [0.1, 0.15) is 207 Å². The number of carboxylic acid groups (broad SMARTS) is 1. The number of carboxylic acids is 1. The van der Waals surface area contributed by atoms with Gasteiger partial charge in [0.15, 0.2) is 6.49 Å². The summed E-state index contributed by atoms with van der Waals surface area (Å²) >= 11 is 5.09. The maximum Gasteiger partial charge on any atom is 0.407 e. The van der Waals surface area contributed by atoms with Gasteiger partial charge in [0.1, 0.15) is 11.2 Å². The first kappa shape index (κ1) is 96.9. The van der Waals surface area contributed by atoms with Crippen LogP contribution in [0.3, 0.4) is 0 Å². The smallest absolute Gasteiger partial charge is 0.407 e. The highest BCUT2D eigenvalue weighted by Gasteiger charge is 2.30. The van der Waals surface area contributed by atoms with Crippen LogP contribution in [0.2, 0.25) is 0 Å². The topological polar surface area (TPSA) is 281 Å². The minimum atomic E-state index is -2.66. The molecule has 0 aromatic carbocycles. The Hall–Kier alpha value is -3.15. The normalized spacial score (nSPS) is 16.6. The second-order valence-corrected chi connectivity index (χ2v) is 35.7. The molecule has 0 saturated carbocycles. The summed E-state index contributed by atoms with van der Waals surface area (Å²) < 4.78 is 37.6. The number of ether oxygens (including phenoxy) is 2. The van der Waals surface area contributed by atoms with Gasteiger partial charge in [0, 0.05) is 195 Å². The van der Waals surface area contributed by atoms with Gasteiger partial charge in [-0.05, 0) is 99.8 Å². The van der Waals surface area contributed by atoms with E-state index in [1.165, 1.54) is 13.3 Å². The monoisotopic (exact) mass is 1460 g/mol. The van der Waals surface area contributed by atoms with Crippen LogP contribution in [-0.2, 0) is 42.3 Å². The maximum atomic E-state index is 12.7. The van der Waals surface area contributed by atoms with Crippen molar-refractivity contribution in [2.75, 3.05) is 184 Å². The molecule has 4 aliphatic rings. The molecule has 0 aromatic heterocycles. The number of rotatable bonds is 34. The zero-order chi connectivity index (χ0) is 74.8. The molecule has 0 bridgehead atoms. The molecule has 27 heteroatoms. The number of amides is 5. The Morgan fingerprint density at radius 3 is 0.980 bits per heavy atom. The summed E-state index contributed by atoms with van der Waals surface area (Å²) in [6, 6.07) is 0. The quantitative estimate of drug-likeness (QED) is 0.0327. The third kappa shape index (κ3) is 51.9. The molecule has 4 fully saturated rings. The van der Waals surface area contributed by atoms with Crippen molar-refractivity contribution < 1.29 is 57.0 Å². The molecular weight excluding hydrogens is 1310 g/mol. The van der Waals surface area contributed by atoms with Crippen LogP contribution >= 0.6 is 25.3 Å². The highest BCUT2D eigenvalue weighted by molar-refractivity contribution is 7.88. The average Bonchev–Trinajstić information content (AvgIpc) is 0.880. The molecule has 4 aliphatic heterocycles. The summed E-state index contributed by atoms with van der Waals surface area (Å²) in [7, 11) is -2.66. The van der Waals surface area contributed by atoms with Gasteiger partial charge in [0.05, 0.1) is 12.5 Å². The molecule has 7 N–H and O–H groups in total. The molecule has 1 unspecified atom stereocenters. The van der Waals surface area contributed by atoms with Crippen LogP contribution in [0, 0.1) is 23.7 Å². The van der Waals surface area contributed by atoms with Crippen molar-refractivity contribution in [2.24, 2.45) is 29.4 Å². The number of piperazine rings is 4. The van der Waals surface area contributed by atoms with Crippen molar-refractivity contribution >= 4 is 61.1 Å². The summed E-state index contributed by atoms with van der Waals surface area (Å²) in [4.78, 5) is 86.6. The summed E-state index contributed by atoms with van der Waals surface area (Å²) in [5.74, 6) is 0.952. The first-order chi connectivity index (χ1) is 46.1. The van der Waals surface area contributed by atoms with Gasteiger partial charge >= 0.3 is 18.2 Å². The second kappa shape index (κ2) is 56.3. The van der Waals surface area contributed by atoms with Crippen molar-refractivity contribution in [1.82, 2.24) is 55.3 Å². The van der Waals surface area contributed by atoms with Gasteiger partial charge in [-0.1, -0.05) is 118 Å². The summed E-state index contributed by atoms with van der Waals surface area (Å²) in [6.45, 7) is 53.5. The van der Waals surface area contributed by atoms with Gasteiger partial charge in [0.2, 0.25) is 17.7 Å². The minimum absolute atomic E-state index is 0.102. The number of halogens is 1. The van der Waals surface area contributed by atoms with E-state index in [-0.39, 0.29) is 35.9 Å². The van der Waals surface area contributed by atoms with Crippen LogP contribution in [0.4, 0.5) is 9.59 Å². The highest BCUT2D eigenvalue weighted by atomic mass is 35.7. The fourth-order valence-corrected chi connectivity index (χ4v) is 12.9. The van der Waals surface area contributed by atoms with Gasteiger partial charge < -0.3 is 60.1 Å². The number of carbonyl (C=O) groups excluding carboxylic acids is 5. The van der Waals surface area contributed by atoms with E-state index in [1.807, 2.05) is 72.1 Å². The first-order valence-corrected chi connectivity index (χ1v) is 43.2. The molecule has 0 aromatic rings. The SMILES string of the molecule is CC(C)(C)OC(=O)NCCN1CCNCC1.CCCC(CCC)C(=O)N1CCN(CCN)CC1.CCCC(CCC)C(=O)N1CCN(CCNC(=O)OC(C)(C)C)CC1.CCCC(CCC)C(=O)N1CCN(CCNP(C)(=O)OCC)CC1.CCCC(CCC)C(=O)O.CP(C)(=O)Cl. The van der Waals surface area contributed by atoms with Crippen molar-refractivity contribution in [1.29, 1.82) is 0 Å². The molecule has 0 radical (unpaired) electrons. The molecule has 5 amide bonds. The molecule has 4 rings (SSSR count). The van der Waals surface area contributed by atoms with Gasteiger partial charge in [0.25, 0.3) is 7.52 Å². The van der Waals surface area contributed by atoms with E-state index in [9.17, 15) is 37.9 Å². The molecule has 4 heterocycles. The number of alkyl carbamates (subject to hydrolysis) is 2. The fraction of sp³-hybridized carbons (Fsp3) is 0.915. The Morgan fingerprint density at radius 2 is 0.724 bits per heavy atom. The average molecular weight is 1460 g/mol. The lowest BCUT2D eigenvalue weighted by Crippen LogP contribution is -2.51. The van der Waals surface area contributed by atoms with Gasteiger partial charge in [-0.15, -0.1) is 0 Å². The Morgan fingerprint density at radius 1 is 0.459 bits per heavy atom. The van der Waals surface area contributed by atoms with Crippen molar-refractivity contribution in [3.8, 4) is 0 Å². The molecule has 24 nitrogen and oxygen atoms in total. The molecule has 98 heavy (non-hydrogen) atoms. The zero-order valence-electron chi connectivity index (χ0n) is 65.2. The third-order valence-corrected chi connectivity index (χ3v) is 18.1. The maximum absolute atomic E-state index is 12.7. The molecule has 4 saturated heterocycles. The number of aliphatic carboxylic acids is 1. The number of nitrogens with zero attached hydrogens (tertiary/aromatic N) is 7. The van der Waals surface area contributed by atoms with Gasteiger partial charge in [-0.3, -0.25) is 43.3 Å². The summed E-state index contributed by atoms with van der Waals surface area (Å²) in [6.07, 6.45) is 15.4. The molecular formula is C71H147ClN12O12P2. The number of carbonyl (C=O) groups is 6. The van der Waals surface area contributed by atoms with Crippen LogP contribution in [0.25, 0.3) is 0 Å². The zero-order valence-corrected chi connectivity index (χ0v) is 67.8. The third-order valence-electron chi connectivity index (χ3n) is 16.6. The lowest BCUT2D eigenvalue weighted by atomic mass is 9.96. The largest absolute Gasteiger partial charge is 0.481 e. The molecule has 0 aliphatic carbocycles. The van der Waals surface area contributed by atoms with Crippen molar-refractivity contribution in [3.63, 3.8) is 0 Å². The molecule has 580 valence electrons. The van der Waals surface area contributed by atoms with Crippen molar-refractivity contribution in [2.45, 2.75) is 218 Å². The second-order valence-electron chi connectivity index (χ2n) is 28.6. The van der Waals surface area contributed by atoms with Gasteiger partial charge in [-0.25, -0.2) is 14.7 Å². The fourth-order valence-electron chi connectivity index (χ4n) is 11.8. The van der Waals surface area contributed by atoms with Crippen LogP contribution < -0.4 is 26.8 Å². The van der Waals surface area contributed by atoms with Crippen molar-refractivity contribution in [3.05, 3.63) is 0 Å². The van der Waals surface area contributed by atoms with E-state index >= 15 is 0 Å². The standard InChI is InChI=1S/C19H37N3O3.C17H36N3O3P.C14H29N3O.C11H23N3O2.C8H16O2.C2H6ClOP/c1-6-8-16(9-7-2)17(23)22-14-12-21(13-15-22)11-10-20-18(24)25-19(3,4)5;1-5-8-16(9-6-2)17(21)20-14-12-19(13-15-20)11-10-18-24(4,22)23-7-3;1-3-5-13(6-4-2)14(18)17-11-9-16(8-7-15)10-12-17;1-11(2,3)16-10(15)13-6-9-14-7-4-12-5-8-14;1-3-5-7(6-4-2)8(9)10;1-5(2,3)4/h16H,6-15H2,1-5H3,(H,20,24);16H,5-15H2,1-4H3,(H,18,22);13H,3-12,15H2,1-2H3;12H,4-9H2,1-3H3,(H,13,15);7H,3-6H2,1-2H3,(H,9,10);1-2H3. The first-order valence-electron chi connectivity index (χ1n) is 37.7. The van der Waals surface area contributed by atoms with Crippen LogP contribution in [0.5, 0.6) is 0 Å². The number of nitrogens with two attached hydrogens (primary N) is 1. The summed E-state index contributed by atoms with van der Waals surface area (Å²) in [5, 5.41) is 20.5. The Bertz CT molecular complexity index is 2150. The Balaban J connectivity index is 0. The lowest BCUT2D eigenvalue weighted by Gasteiger charge is -2.36. The number of nitrogens with one attached hydrogen (secondary N) is 4. The highest BCUT2D eigenvalue weighted by Crippen LogP contribution is 2.41. The Labute approximate surface area is 601 Å². The van der Waals surface area contributed by atoms with E-state index in [1.54, 1.807) is 6.66 Å². The van der Waals surface area contributed by atoms with E-state index in [2.05, 4.69) is 87.1 Å². The van der Waals surface area contributed by atoms with Gasteiger partial charge in [-0.2, -0.15) is 0 Å². The van der Waals surface area contributed by atoms with Crippen LogP contribution in [0.15, 0.2) is 0 Å². The van der Waals surface area contributed by atoms with Crippen LogP contribution in [-0.4, -0.2) is 270 Å². The van der Waals surface area contributed by atoms with E-state index in [0.717, 1.165) is 234 Å². The minimum Gasteiger partial charge on any atom is -0.481 e. The Kier molecular flexibility index (Phi) is 55.7. The summed E-state index contributed by atoms with van der Waals surface area (Å²) in [5.41, 5.74) is 4.67. The van der Waals surface area contributed by atoms with E-state index in [0.29, 0.717) is 50.5 Å². The predicted molar refractivity (Wildman–Crippen MR) is 405 cm³/mol. The molecule has 0 spiro atoms. The number of hydrogen-bond acceptors (Lipinski definition) is 17. The predicted octanol–water partition coefficient (Wildman–Crippen LogP) is 11.4. The van der Waals surface area contributed by atoms with E-state index in [4.69, 9.17) is 36.1 Å². The van der Waals surface area contributed by atoms with E-state index < -0.39 is 31.2 Å². The molecule has 1 atom stereocenters. The number of hydrogen-bond donors (Lipinski definition) is 6. The lowest BCUT2D eigenvalue weighted by molar-refractivity contribution is -0.142.